The van der Waals surface area contributed by atoms with Gasteiger partial charge in [-0.2, -0.15) is 4.98 Å². The number of esters is 1. The maximum absolute atomic E-state index is 14.4. The minimum Gasteiger partial charge on any atom is -0.463 e. The molecule has 0 saturated heterocycles. The molecule has 1 aromatic heterocycles. The van der Waals surface area contributed by atoms with Crippen molar-refractivity contribution >= 4 is 23.7 Å². The maximum Gasteiger partial charge on any atom is 0.338 e. The topological polar surface area (TPSA) is 69.0 Å². The normalized spacial score (nSPS) is 16.6. The summed E-state index contributed by atoms with van der Waals surface area (Å²) in [6, 6.07) is 5.61. The molecule has 3 rings (SSSR count). The number of benzene rings is 1. The van der Waals surface area contributed by atoms with Crippen LogP contribution in [0.4, 0.5) is 10.3 Å². The summed E-state index contributed by atoms with van der Waals surface area (Å²) in [4.78, 5) is 16.8. The number of anilines is 1. The van der Waals surface area contributed by atoms with Gasteiger partial charge in [-0.25, -0.2) is 13.9 Å². The summed E-state index contributed by atoms with van der Waals surface area (Å²) in [5.41, 5.74) is 1.25. The Morgan fingerprint density at radius 2 is 2.21 bits per heavy atom. The maximum atomic E-state index is 14.4. The zero-order chi connectivity index (χ0) is 17.3. The highest BCUT2D eigenvalue weighted by Gasteiger charge is 2.36. The van der Waals surface area contributed by atoms with E-state index in [4.69, 9.17) is 4.74 Å². The van der Waals surface area contributed by atoms with Crippen LogP contribution >= 0.6 is 11.8 Å². The van der Waals surface area contributed by atoms with Crippen LogP contribution in [0.25, 0.3) is 0 Å². The molecule has 8 heteroatoms. The van der Waals surface area contributed by atoms with E-state index in [1.807, 2.05) is 6.26 Å². The number of thioether (sulfide) groups is 1. The first-order valence-corrected chi connectivity index (χ1v) is 8.69. The quantitative estimate of drug-likeness (QED) is 0.677. The fraction of sp³-hybridized carbons (Fsp3) is 0.312. The van der Waals surface area contributed by atoms with E-state index in [2.05, 4.69) is 15.4 Å². The third-order valence-electron chi connectivity index (χ3n) is 3.71. The van der Waals surface area contributed by atoms with Crippen molar-refractivity contribution in [3.8, 4) is 0 Å². The standard InChI is InChI=1S/C16H17FN4O2S/c1-4-23-14(22)12-9(2)18-15-19-16(24-3)20-21(15)13(12)10-7-5-6-8-11(10)17/h5-8,13H,4H2,1-3H3,(H,18,19,20)/t13-/m1/s1. The highest BCUT2D eigenvalue weighted by molar-refractivity contribution is 7.98. The van der Waals surface area contributed by atoms with Crippen molar-refractivity contribution in [2.75, 3.05) is 18.2 Å². The Bertz CT molecular complexity index is 818. The van der Waals surface area contributed by atoms with Crippen molar-refractivity contribution in [1.82, 2.24) is 14.8 Å². The Balaban J connectivity index is 2.20. The molecule has 1 aliphatic heterocycles. The molecule has 0 radical (unpaired) electrons. The number of nitrogens with one attached hydrogen (secondary N) is 1. The van der Waals surface area contributed by atoms with Gasteiger partial charge < -0.3 is 10.1 Å². The monoisotopic (exact) mass is 348 g/mol. The van der Waals surface area contributed by atoms with Crippen LogP contribution in [0.2, 0.25) is 0 Å². The Labute approximate surface area is 143 Å². The largest absolute Gasteiger partial charge is 0.463 e. The third kappa shape index (κ3) is 2.77. The minimum atomic E-state index is -0.727. The Kier molecular flexibility index (Phi) is 4.57. The van der Waals surface area contributed by atoms with Crippen LogP contribution in [0.3, 0.4) is 0 Å². The molecule has 24 heavy (non-hydrogen) atoms. The number of allylic oxidation sites excluding steroid dienone is 1. The van der Waals surface area contributed by atoms with Crippen LogP contribution in [-0.4, -0.2) is 33.6 Å². The lowest BCUT2D eigenvalue weighted by molar-refractivity contribution is -0.139. The van der Waals surface area contributed by atoms with Gasteiger partial charge in [-0.3, -0.25) is 0 Å². The second-order valence-electron chi connectivity index (χ2n) is 5.17. The van der Waals surface area contributed by atoms with Crippen LogP contribution < -0.4 is 5.32 Å². The Morgan fingerprint density at radius 3 is 2.88 bits per heavy atom. The van der Waals surface area contributed by atoms with E-state index in [9.17, 15) is 9.18 Å². The predicted molar refractivity (Wildman–Crippen MR) is 89.3 cm³/mol. The van der Waals surface area contributed by atoms with Gasteiger partial charge in [0.1, 0.15) is 11.9 Å². The van der Waals surface area contributed by atoms with Crippen molar-refractivity contribution in [3.05, 3.63) is 46.9 Å². The second kappa shape index (κ2) is 6.64. The van der Waals surface area contributed by atoms with Crippen molar-refractivity contribution in [2.24, 2.45) is 0 Å². The SMILES string of the molecule is CCOC(=O)C1=C(C)Nc2nc(SC)nn2[C@@H]1c1ccccc1F. The van der Waals surface area contributed by atoms with E-state index >= 15 is 0 Å². The number of aromatic nitrogens is 3. The average Bonchev–Trinajstić information content (AvgIpc) is 2.97. The average molecular weight is 348 g/mol. The number of ether oxygens (including phenoxy) is 1. The van der Waals surface area contributed by atoms with Crippen molar-refractivity contribution in [2.45, 2.75) is 25.0 Å². The summed E-state index contributed by atoms with van der Waals surface area (Å²) < 4.78 is 21.1. The van der Waals surface area contributed by atoms with Gasteiger partial charge in [0.2, 0.25) is 11.1 Å². The van der Waals surface area contributed by atoms with Gasteiger partial charge in [-0.15, -0.1) is 5.10 Å². The molecule has 126 valence electrons. The van der Waals surface area contributed by atoms with E-state index in [1.54, 1.807) is 32.0 Å². The number of carbonyl (C=O) groups is 1. The van der Waals surface area contributed by atoms with Crippen LogP contribution in [0.1, 0.15) is 25.5 Å². The molecule has 0 spiro atoms. The van der Waals surface area contributed by atoms with E-state index in [0.717, 1.165) is 0 Å². The molecular weight excluding hydrogens is 331 g/mol. The Hall–Kier alpha value is -2.35. The number of hydrogen-bond donors (Lipinski definition) is 1. The fourth-order valence-corrected chi connectivity index (χ4v) is 3.02. The third-order valence-corrected chi connectivity index (χ3v) is 4.25. The summed E-state index contributed by atoms with van der Waals surface area (Å²) in [7, 11) is 0. The molecule has 1 aromatic carbocycles. The molecule has 0 saturated carbocycles. The number of nitrogens with zero attached hydrogens (tertiary/aromatic N) is 3. The van der Waals surface area contributed by atoms with Crippen LogP contribution in [0.15, 0.2) is 40.7 Å². The number of halogens is 1. The van der Waals surface area contributed by atoms with Crippen LogP contribution in [0.5, 0.6) is 0 Å². The molecule has 0 bridgehead atoms. The number of carbonyl (C=O) groups excluding carboxylic acids is 1. The first kappa shape index (κ1) is 16.5. The Morgan fingerprint density at radius 1 is 1.46 bits per heavy atom. The molecule has 1 atom stereocenters. The zero-order valence-electron chi connectivity index (χ0n) is 13.5. The summed E-state index contributed by atoms with van der Waals surface area (Å²) in [6.45, 7) is 3.71. The van der Waals surface area contributed by atoms with Crippen LogP contribution in [0, 0.1) is 5.82 Å². The first-order valence-electron chi connectivity index (χ1n) is 7.46. The molecule has 2 aromatic rings. The molecule has 6 nitrogen and oxygen atoms in total. The van der Waals surface area contributed by atoms with Gasteiger partial charge in [0, 0.05) is 11.3 Å². The lowest BCUT2D eigenvalue weighted by Gasteiger charge is -2.28. The molecule has 0 fully saturated rings. The zero-order valence-corrected chi connectivity index (χ0v) is 14.4. The van der Waals surface area contributed by atoms with E-state index in [1.165, 1.54) is 22.5 Å². The van der Waals surface area contributed by atoms with E-state index in [-0.39, 0.29) is 6.61 Å². The van der Waals surface area contributed by atoms with Gasteiger partial charge in [-0.05, 0) is 26.2 Å². The molecule has 0 unspecified atom stereocenters. The summed E-state index contributed by atoms with van der Waals surface area (Å²) >= 11 is 1.37. The number of fused-ring (bicyclic) bond motifs is 1. The number of rotatable bonds is 4. The highest BCUT2D eigenvalue weighted by Crippen LogP contribution is 2.37. The van der Waals surface area contributed by atoms with Gasteiger partial charge in [0.05, 0.1) is 12.2 Å². The van der Waals surface area contributed by atoms with Gasteiger partial charge >= 0.3 is 5.97 Å². The summed E-state index contributed by atoms with van der Waals surface area (Å²) in [5, 5.41) is 7.99. The van der Waals surface area contributed by atoms with Crippen molar-refractivity contribution < 1.29 is 13.9 Å². The smallest absolute Gasteiger partial charge is 0.338 e. The molecule has 2 heterocycles. The second-order valence-corrected chi connectivity index (χ2v) is 5.95. The minimum absolute atomic E-state index is 0.236. The highest BCUT2D eigenvalue weighted by atomic mass is 32.2. The lowest BCUT2D eigenvalue weighted by atomic mass is 9.95. The molecule has 1 N–H and O–H groups in total. The van der Waals surface area contributed by atoms with Gasteiger partial charge in [0.25, 0.3) is 0 Å². The lowest BCUT2D eigenvalue weighted by Crippen LogP contribution is -2.30. The first-order chi connectivity index (χ1) is 11.6. The molecule has 0 amide bonds. The molecule has 0 aliphatic carbocycles. The molecule has 1 aliphatic rings. The molecular formula is C16H17FN4O2S. The van der Waals surface area contributed by atoms with Gasteiger partial charge in [0.15, 0.2) is 0 Å². The summed E-state index contributed by atoms with van der Waals surface area (Å²) in [6.07, 6.45) is 1.85. The van der Waals surface area contributed by atoms with Crippen molar-refractivity contribution in [3.63, 3.8) is 0 Å². The van der Waals surface area contributed by atoms with Gasteiger partial charge in [-0.1, -0.05) is 30.0 Å². The van der Waals surface area contributed by atoms with Crippen LogP contribution in [-0.2, 0) is 9.53 Å². The van der Waals surface area contributed by atoms with E-state index in [0.29, 0.717) is 27.9 Å². The van der Waals surface area contributed by atoms with E-state index < -0.39 is 17.8 Å². The summed E-state index contributed by atoms with van der Waals surface area (Å²) in [5.74, 6) is -0.438. The fourth-order valence-electron chi connectivity index (χ4n) is 2.68. The predicted octanol–water partition coefficient (Wildman–Crippen LogP) is 2.99. The number of hydrogen-bond acceptors (Lipinski definition) is 6. The van der Waals surface area contributed by atoms with Crippen molar-refractivity contribution in [1.29, 1.82) is 0 Å².